The number of Topliss-reactive ketones (excluding diaryl/α,β-unsaturated/α-hetero) is 1. The first-order chi connectivity index (χ1) is 15.5. The van der Waals surface area contributed by atoms with Gasteiger partial charge < -0.3 is 14.8 Å². The number of benzene rings is 2. The van der Waals surface area contributed by atoms with E-state index in [1.807, 2.05) is 0 Å². The number of halogens is 1. The maximum atomic E-state index is 13.0. The second kappa shape index (κ2) is 9.80. The van der Waals surface area contributed by atoms with Crippen molar-refractivity contribution < 1.29 is 28.2 Å². The van der Waals surface area contributed by atoms with Gasteiger partial charge in [0.05, 0.1) is 5.69 Å². The fourth-order valence-electron chi connectivity index (χ4n) is 3.98. The lowest BCUT2D eigenvalue weighted by Crippen LogP contribution is -2.47. The number of fused-ring (bicyclic) bond motifs is 1. The molecule has 4 rings (SSSR count). The zero-order chi connectivity index (χ0) is 22.5. The molecule has 1 N–H and O–H groups in total. The van der Waals surface area contributed by atoms with Crippen molar-refractivity contribution in [3.05, 3.63) is 53.8 Å². The molecule has 8 heteroatoms. The van der Waals surface area contributed by atoms with E-state index < -0.39 is 5.82 Å². The summed E-state index contributed by atoms with van der Waals surface area (Å²) in [4.78, 5) is 39.0. The molecule has 0 atom stereocenters. The molecule has 32 heavy (non-hydrogen) atoms. The Bertz CT molecular complexity index is 1000. The Kier molecular flexibility index (Phi) is 6.68. The van der Waals surface area contributed by atoms with Crippen LogP contribution in [0.25, 0.3) is 0 Å². The van der Waals surface area contributed by atoms with Crippen LogP contribution in [0.15, 0.2) is 42.5 Å². The summed E-state index contributed by atoms with van der Waals surface area (Å²) in [6.45, 7) is -0.540. The van der Waals surface area contributed by atoms with Gasteiger partial charge in [-0.05, 0) is 55.3 Å². The molecule has 7 nitrogen and oxygen atoms in total. The summed E-state index contributed by atoms with van der Waals surface area (Å²) in [5, 5.41) is 3.01. The number of carbonyl (C=O) groups excluding carboxylic acids is 3. The minimum atomic E-state index is -0.393. The fraction of sp³-hybridized carbons (Fsp3) is 0.375. The van der Waals surface area contributed by atoms with Crippen LogP contribution in [0.5, 0.6) is 11.5 Å². The number of amides is 2. The monoisotopic (exact) mass is 440 g/mol. The molecule has 2 aromatic carbocycles. The van der Waals surface area contributed by atoms with Crippen molar-refractivity contribution in [2.24, 2.45) is 0 Å². The Balaban J connectivity index is 1.44. The quantitative estimate of drug-likeness (QED) is 0.668. The Labute approximate surface area is 185 Å². The largest absolute Gasteiger partial charge is 0.485 e. The SMILES string of the molecule is O=C(CN1C(=O)COc2ccc(C(=O)COc3ccc(F)cc3)cc21)NC1CCCCC1. The zero-order valence-corrected chi connectivity index (χ0v) is 17.6. The van der Waals surface area contributed by atoms with Gasteiger partial charge in [-0.2, -0.15) is 0 Å². The molecule has 0 aromatic heterocycles. The van der Waals surface area contributed by atoms with Crippen molar-refractivity contribution in [3.63, 3.8) is 0 Å². The molecular weight excluding hydrogens is 415 g/mol. The van der Waals surface area contributed by atoms with Gasteiger partial charge in [-0.1, -0.05) is 19.3 Å². The maximum Gasteiger partial charge on any atom is 0.265 e. The van der Waals surface area contributed by atoms with Gasteiger partial charge in [-0.3, -0.25) is 19.3 Å². The Morgan fingerprint density at radius 3 is 2.59 bits per heavy atom. The predicted octanol–water partition coefficient (Wildman–Crippen LogP) is 3.26. The summed E-state index contributed by atoms with van der Waals surface area (Å²) in [6.07, 6.45) is 5.27. The van der Waals surface area contributed by atoms with Crippen molar-refractivity contribution >= 4 is 23.3 Å². The molecule has 0 bridgehead atoms. The second-order valence-corrected chi connectivity index (χ2v) is 8.02. The van der Waals surface area contributed by atoms with Gasteiger partial charge in [0.1, 0.15) is 23.9 Å². The molecule has 0 spiro atoms. The third kappa shape index (κ3) is 5.25. The van der Waals surface area contributed by atoms with Crippen LogP contribution in [-0.4, -0.2) is 43.4 Å². The minimum Gasteiger partial charge on any atom is -0.485 e. The van der Waals surface area contributed by atoms with Crippen molar-refractivity contribution in [1.29, 1.82) is 0 Å². The molecule has 2 amide bonds. The molecule has 1 heterocycles. The Morgan fingerprint density at radius 1 is 1.09 bits per heavy atom. The molecular formula is C24H25FN2O5. The molecule has 168 valence electrons. The average molecular weight is 440 g/mol. The van der Waals surface area contributed by atoms with Crippen molar-refractivity contribution in [1.82, 2.24) is 5.32 Å². The maximum absolute atomic E-state index is 13.0. The van der Waals surface area contributed by atoms with Gasteiger partial charge in [0.25, 0.3) is 5.91 Å². The van der Waals surface area contributed by atoms with Crippen molar-refractivity contribution in [3.8, 4) is 11.5 Å². The van der Waals surface area contributed by atoms with Crippen molar-refractivity contribution in [2.75, 3.05) is 24.7 Å². The first-order valence-electron chi connectivity index (χ1n) is 10.8. The van der Waals surface area contributed by atoms with Gasteiger partial charge in [-0.25, -0.2) is 4.39 Å². The summed E-state index contributed by atoms with van der Waals surface area (Å²) in [5.74, 6) is -0.473. The van der Waals surface area contributed by atoms with Crippen LogP contribution in [0.3, 0.4) is 0 Å². The third-order valence-corrected chi connectivity index (χ3v) is 5.68. The van der Waals surface area contributed by atoms with Gasteiger partial charge in [0.15, 0.2) is 19.0 Å². The van der Waals surface area contributed by atoms with Crippen LogP contribution in [0.4, 0.5) is 10.1 Å². The first kappa shape index (κ1) is 21.8. The molecule has 1 aliphatic carbocycles. The van der Waals surface area contributed by atoms with Crippen molar-refractivity contribution in [2.45, 2.75) is 38.1 Å². The Hall–Kier alpha value is -3.42. The number of nitrogens with one attached hydrogen (secondary N) is 1. The molecule has 2 aromatic rings. The van der Waals surface area contributed by atoms with Gasteiger partial charge >= 0.3 is 0 Å². The van der Waals surface area contributed by atoms with Crippen LogP contribution in [0.1, 0.15) is 42.5 Å². The summed E-state index contributed by atoms with van der Waals surface area (Å²) in [6, 6.07) is 10.3. The lowest BCUT2D eigenvalue weighted by Gasteiger charge is -2.30. The van der Waals surface area contributed by atoms with Crippen LogP contribution in [-0.2, 0) is 9.59 Å². The molecule has 0 saturated heterocycles. The highest BCUT2D eigenvalue weighted by Gasteiger charge is 2.29. The number of hydrogen-bond donors (Lipinski definition) is 1. The van der Waals surface area contributed by atoms with Crippen LogP contribution < -0.4 is 19.7 Å². The summed E-state index contributed by atoms with van der Waals surface area (Å²) < 4.78 is 23.9. The van der Waals surface area contributed by atoms with Crippen LogP contribution in [0, 0.1) is 5.82 Å². The third-order valence-electron chi connectivity index (χ3n) is 5.68. The van der Waals surface area contributed by atoms with E-state index in [0.717, 1.165) is 25.7 Å². The van der Waals surface area contributed by atoms with E-state index in [0.29, 0.717) is 22.7 Å². The summed E-state index contributed by atoms with van der Waals surface area (Å²) in [7, 11) is 0. The van der Waals surface area contributed by atoms with Gasteiger partial charge in [-0.15, -0.1) is 0 Å². The lowest BCUT2D eigenvalue weighted by atomic mass is 9.95. The number of nitrogens with zero attached hydrogens (tertiary/aromatic N) is 1. The van der Waals surface area contributed by atoms with E-state index >= 15 is 0 Å². The normalized spacial score (nSPS) is 16.2. The van der Waals surface area contributed by atoms with Gasteiger partial charge in [0.2, 0.25) is 5.91 Å². The zero-order valence-electron chi connectivity index (χ0n) is 17.6. The minimum absolute atomic E-state index is 0.130. The van der Waals surface area contributed by atoms with E-state index in [4.69, 9.17) is 9.47 Å². The highest BCUT2D eigenvalue weighted by Crippen LogP contribution is 2.33. The number of rotatable bonds is 7. The van der Waals surface area contributed by atoms with E-state index in [1.54, 1.807) is 12.1 Å². The number of ketones is 1. The molecule has 1 fully saturated rings. The molecule has 0 radical (unpaired) electrons. The van der Waals surface area contributed by atoms with Gasteiger partial charge in [0, 0.05) is 11.6 Å². The van der Waals surface area contributed by atoms with E-state index in [-0.39, 0.29) is 43.4 Å². The smallest absolute Gasteiger partial charge is 0.265 e. The first-order valence-corrected chi connectivity index (χ1v) is 10.8. The Morgan fingerprint density at radius 2 is 1.84 bits per heavy atom. The molecule has 1 aliphatic heterocycles. The number of carbonyl (C=O) groups is 3. The average Bonchev–Trinajstić information content (AvgIpc) is 2.80. The van der Waals surface area contributed by atoms with E-state index in [1.165, 1.54) is 41.7 Å². The molecule has 1 saturated carbocycles. The highest BCUT2D eigenvalue weighted by atomic mass is 19.1. The number of hydrogen-bond acceptors (Lipinski definition) is 5. The second-order valence-electron chi connectivity index (χ2n) is 8.02. The van der Waals surface area contributed by atoms with E-state index in [2.05, 4.69) is 5.32 Å². The standard InChI is InChI=1S/C24H25FN2O5/c25-17-7-9-19(10-8-17)31-14-21(28)16-6-11-22-20(12-16)27(24(30)15-32-22)13-23(29)26-18-4-2-1-3-5-18/h6-12,18H,1-5,13-15H2,(H,26,29). The topological polar surface area (TPSA) is 84.9 Å². The summed E-state index contributed by atoms with van der Waals surface area (Å²) in [5.41, 5.74) is 0.703. The molecule has 2 aliphatic rings. The van der Waals surface area contributed by atoms with Crippen LogP contribution in [0.2, 0.25) is 0 Å². The highest BCUT2D eigenvalue weighted by molar-refractivity contribution is 6.04. The summed E-state index contributed by atoms with van der Waals surface area (Å²) >= 11 is 0. The predicted molar refractivity (Wildman–Crippen MR) is 116 cm³/mol. The molecule has 0 unspecified atom stereocenters. The van der Waals surface area contributed by atoms with E-state index in [9.17, 15) is 18.8 Å². The number of anilines is 1. The van der Waals surface area contributed by atoms with Crippen LogP contribution >= 0.6 is 0 Å². The fourth-order valence-corrected chi connectivity index (χ4v) is 3.98. The number of ether oxygens (including phenoxy) is 2. The lowest BCUT2D eigenvalue weighted by molar-refractivity contribution is -0.125.